The number of rotatable bonds is 5. The molecule has 3 heterocycles. The molecule has 0 radical (unpaired) electrons. The van der Waals surface area contributed by atoms with Gasteiger partial charge >= 0.3 is 0 Å². The van der Waals surface area contributed by atoms with Crippen LogP contribution in [0.25, 0.3) is 16.2 Å². The minimum absolute atomic E-state index is 0.259. The first-order valence-electron chi connectivity index (χ1n) is 8.58. The SMILES string of the molecule is CCOc1ncccc1C(=O)Nc1cccc(-c2cn3c(C)csc3n2)c1. The molecule has 0 aliphatic rings. The van der Waals surface area contributed by atoms with E-state index in [0.29, 0.717) is 23.7 Å². The summed E-state index contributed by atoms with van der Waals surface area (Å²) in [7, 11) is 0. The lowest BCUT2D eigenvalue weighted by Gasteiger charge is -2.10. The molecule has 6 nitrogen and oxygen atoms in total. The highest BCUT2D eigenvalue weighted by Crippen LogP contribution is 2.26. The fourth-order valence-corrected chi connectivity index (χ4v) is 3.65. The number of hydrogen-bond donors (Lipinski definition) is 1. The molecule has 0 unspecified atom stereocenters. The molecule has 0 aliphatic heterocycles. The molecule has 3 aromatic heterocycles. The Balaban J connectivity index is 1.60. The Hall–Kier alpha value is -3.19. The summed E-state index contributed by atoms with van der Waals surface area (Å²) in [6, 6.07) is 11.1. The molecule has 136 valence electrons. The number of fused-ring (bicyclic) bond motifs is 1. The number of anilines is 1. The van der Waals surface area contributed by atoms with Crippen LogP contribution in [-0.4, -0.2) is 26.9 Å². The van der Waals surface area contributed by atoms with E-state index >= 15 is 0 Å². The number of thiazole rings is 1. The molecule has 0 atom stereocenters. The van der Waals surface area contributed by atoms with Gasteiger partial charge in [-0.25, -0.2) is 9.97 Å². The third kappa shape index (κ3) is 3.41. The molecule has 0 bridgehead atoms. The van der Waals surface area contributed by atoms with Crippen molar-refractivity contribution >= 4 is 27.9 Å². The molecule has 27 heavy (non-hydrogen) atoms. The summed E-state index contributed by atoms with van der Waals surface area (Å²) in [4.78, 5) is 22.4. The van der Waals surface area contributed by atoms with Crippen LogP contribution in [0.3, 0.4) is 0 Å². The van der Waals surface area contributed by atoms with Crippen LogP contribution in [0.15, 0.2) is 54.2 Å². The Morgan fingerprint density at radius 1 is 1.30 bits per heavy atom. The number of aryl methyl sites for hydroxylation is 1. The van der Waals surface area contributed by atoms with E-state index < -0.39 is 0 Å². The summed E-state index contributed by atoms with van der Waals surface area (Å²) < 4.78 is 7.51. The molecule has 4 rings (SSSR count). The summed E-state index contributed by atoms with van der Waals surface area (Å²) >= 11 is 1.61. The Morgan fingerprint density at radius 2 is 2.19 bits per heavy atom. The molecule has 0 fully saturated rings. The molecule has 1 aromatic carbocycles. The number of nitrogens with zero attached hydrogens (tertiary/aromatic N) is 3. The van der Waals surface area contributed by atoms with E-state index in [9.17, 15) is 4.79 Å². The van der Waals surface area contributed by atoms with Crippen molar-refractivity contribution in [3.8, 4) is 17.1 Å². The van der Waals surface area contributed by atoms with Crippen LogP contribution in [0.2, 0.25) is 0 Å². The highest BCUT2D eigenvalue weighted by Gasteiger charge is 2.14. The molecule has 1 amide bonds. The summed E-state index contributed by atoms with van der Waals surface area (Å²) in [6.45, 7) is 4.36. The monoisotopic (exact) mass is 378 g/mol. The van der Waals surface area contributed by atoms with Gasteiger partial charge in [0.25, 0.3) is 5.91 Å². The van der Waals surface area contributed by atoms with Crippen LogP contribution in [0.1, 0.15) is 23.0 Å². The number of benzene rings is 1. The molecule has 7 heteroatoms. The largest absolute Gasteiger partial charge is 0.477 e. The first-order valence-corrected chi connectivity index (χ1v) is 9.46. The van der Waals surface area contributed by atoms with Crippen molar-refractivity contribution in [2.75, 3.05) is 11.9 Å². The zero-order chi connectivity index (χ0) is 18.8. The number of carbonyl (C=O) groups excluding carboxylic acids is 1. The van der Waals surface area contributed by atoms with Crippen LogP contribution >= 0.6 is 11.3 Å². The number of carbonyl (C=O) groups is 1. The lowest BCUT2D eigenvalue weighted by Crippen LogP contribution is -2.14. The number of aromatic nitrogens is 3. The van der Waals surface area contributed by atoms with Gasteiger partial charge in [-0.05, 0) is 38.1 Å². The van der Waals surface area contributed by atoms with Gasteiger partial charge in [-0.3, -0.25) is 9.20 Å². The standard InChI is InChI=1S/C20H18N4O2S/c1-3-26-19-16(8-5-9-21-19)18(25)22-15-7-4-6-14(10-15)17-11-24-13(2)12-27-20(24)23-17/h4-12H,3H2,1-2H3,(H,22,25). The number of imidazole rings is 1. The smallest absolute Gasteiger partial charge is 0.261 e. The van der Waals surface area contributed by atoms with Crippen LogP contribution in [-0.2, 0) is 0 Å². The van der Waals surface area contributed by atoms with Crippen LogP contribution < -0.4 is 10.1 Å². The highest BCUT2D eigenvalue weighted by molar-refractivity contribution is 7.15. The van der Waals surface area contributed by atoms with Gasteiger partial charge in [-0.15, -0.1) is 11.3 Å². The summed E-state index contributed by atoms with van der Waals surface area (Å²) in [6.07, 6.45) is 3.62. The van der Waals surface area contributed by atoms with E-state index in [2.05, 4.69) is 32.0 Å². The van der Waals surface area contributed by atoms with Crippen molar-refractivity contribution in [1.82, 2.24) is 14.4 Å². The van der Waals surface area contributed by atoms with Gasteiger partial charge in [-0.1, -0.05) is 12.1 Å². The fourth-order valence-electron chi connectivity index (χ4n) is 2.80. The third-order valence-corrected chi connectivity index (χ3v) is 5.06. The molecular weight excluding hydrogens is 360 g/mol. The topological polar surface area (TPSA) is 68.5 Å². The Bertz CT molecular complexity index is 1120. The first kappa shape index (κ1) is 17.2. The maximum atomic E-state index is 12.7. The minimum atomic E-state index is -0.259. The first-order chi connectivity index (χ1) is 13.2. The van der Waals surface area contributed by atoms with Gasteiger partial charge in [0.1, 0.15) is 5.56 Å². The summed E-state index contributed by atoms with van der Waals surface area (Å²) in [5.41, 5.74) is 4.06. The zero-order valence-corrected chi connectivity index (χ0v) is 15.8. The average Bonchev–Trinajstić information content (AvgIpc) is 3.25. The van der Waals surface area contributed by atoms with Gasteiger partial charge < -0.3 is 10.1 Å². The van der Waals surface area contributed by atoms with E-state index in [1.165, 1.54) is 0 Å². The zero-order valence-electron chi connectivity index (χ0n) is 15.0. The van der Waals surface area contributed by atoms with Crippen molar-refractivity contribution in [2.24, 2.45) is 0 Å². The molecule has 0 saturated heterocycles. The lowest BCUT2D eigenvalue weighted by atomic mass is 10.1. The fraction of sp³-hybridized carbons (Fsp3) is 0.150. The van der Waals surface area contributed by atoms with E-state index in [0.717, 1.165) is 21.9 Å². The molecule has 0 saturated carbocycles. The quantitative estimate of drug-likeness (QED) is 0.558. The van der Waals surface area contributed by atoms with Crippen molar-refractivity contribution in [3.63, 3.8) is 0 Å². The number of pyridine rings is 1. The van der Waals surface area contributed by atoms with Crippen LogP contribution in [0, 0.1) is 6.92 Å². The summed E-state index contributed by atoms with van der Waals surface area (Å²) in [5.74, 6) is 0.0730. The van der Waals surface area contributed by atoms with E-state index in [1.807, 2.05) is 37.4 Å². The highest BCUT2D eigenvalue weighted by atomic mass is 32.1. The van der Waals surface area contributed by atoms with E-state index in [-0.39, 0.29) is 5.91 Å². The van der Waals surface area contributed by atoms with E-state index in [1.54, 1.807) is 29.7 Å². The number of ether oxygens (including phenoxy) is 1. The summed E-state index contributed by atoms with van der Waals surface area (Å²) in [5, 5.41) is 4.99. The number of amides is 1. The van der Waals surface area contributed by atoms with Gasteiger partial charge in [0.2, 0.25) is 5.88 Å². The van der Waals surface area contributed by atoms with Gasteiger partial charge in [0, 0.05) is 34.7 Å². The van der Waals surface area contributed by atoms with E-state index in [4.69, 9.17) is 4.74 Å². The predicted octanol–water partition coefficient (Wildman–Crippen LogP) is 4.42. The maximum Gasteiger partial charge on any atom is 0.261 e. The van der Waals surface area contributed by atoms with Crippen molar-refractivity contribution < 1.29 is 9.53 Å². The van der Waals surface area contributed by atoms with Gasteiger partial charge in [0.15, 0.2) is 4.96 Å². The van der Waals surface area contributed by atoms with Crippen molar-refractivity contribution in [2.45, 2.75) is 13.8 Å². The molecule has 0 aliphatic carbocycles. The Labute approximate surface area is 160 Å². The van der Waals surface area contributed by atoms with Crippen LogP contribution in [0.4, 0.5) is 5.69 Å². The molecular formula is C20H18N4O2S. The second kappa shape index (κ2) is 7.20. The normalized spacial score (nSPS) is 10.9. The Kier molecular flexibility index (Phi) is 4.60. The minimum Gasteiger partial charge on any atom is -0.477 e. The molecule has 1 N–H and O–H groups in total. The Morgan fingerprint density at radius 3 is 3.00 bits per heavy atom. The van der Waals surface area contributed by atoms with Crippen molar-refractivity contribution in [1.29, 1.82) is 0 Å². The molecule has 0 spiro atoms. The molecule has 4 aromatic rings. The predicted molar refractivity (Wildman–Crippen MR) is 107 cm³/mol. The van der Waals surface area contributed by atoms with Gasteiger partial charge in [-0.2, -0.15) is 0 Å². The second-order valence-electron chi connectivity index (χ2n) is 5.98. The van der Waals surface area contributed by atoms with Crippen molar-refractivity contribution in [3.05, 3.63) is 65.4 Å². The van der Waals surface area contributed by atoms with Gasteiger partial charge in [0.05, 0.1) is 12.3 Å². The van der Waals surface area contributed by atoms with Crippen LogP contribution in [0.5, 0.6) is 5.88 Å². The average molecular weight is 378 g/mol. The number of nitrogens with one attached hydrogen (secondary N) is 1. The maximum absolute atomic E-state index is 12.7. The lowest BCUT2D eigenvalue weighted by molar-refractivity contribution is 0.102. The third-order valence-electron chi connectivity index (χ3n) is 4.10. The number of hydrogen-bond acceptors (Lipinski definition) is 5. The second-order valence-corrected chi connectivity index (χ2v) is 6.82.